The Kier molecular flexibility index (Phi) is 6.07. The highest BCUT2D eigenvalue weighted by Crippen LogP contribution is 2.35. The van der Waals surface area contributed by atoms with Gasteiger partial charge in [0.15, 0.2) is 11.5 Å². The number of non-ortho nitro benzene ring substituents is 1. The Labute approximate surface area is 151 Å². The lowest BCUT2D eigenvalue weighted by Crippen LogP contribution is -2.17. The fraction of sp³-hybridized carbons (Fsp3) is 0.125. The van der Waals surface area contributed by atoms with Crippen molar-refractivity contribution in [1.29, 1.82) is 0 Å². The van der Waals surface area contributed by atoms with E-state index in [1.165, 1.54) is 24.4 Å². The molecule has 0 heterocycles. The number of hydrazone groups is 1. The molecule has 2 aromatic carbocycles. The zero-order chi connectivity index (χ0) is 18.4. The summed E-state index contributed by atoms with van der Waals surface area (Å²) in [6.07, 6.45) is 1.36. The number of benzene rings is 2. The number of hydrogen-bond donors (Lipinski definition) is 2. The molecule has 0 radical (unpaired) electrons. The molecule has 1 amide bonds. The normalized spacial score (nSPS) is 10.6. The fourth-order valence-corrected chi connectivity index (χ4v) is 2.38. The van der Waals surface area contributed by atoms with Crippen molar-refractivity contribution in [2.75, 3.05) is 6.61 Å². The number of nitro groups is 1. The van der Waals surface area contributed by atoms with Gasteiger partial charge in [0.2, 0.25) is 0 Å². The van der Waals surface area contributed by atoms with E-state index in [0.29, 0.717) is 16.6 Å². The van der Waals surface area contributed by atoms with E-state index in [2.05, 4.69) is 26.5 Å². The van der Waals surface area contributed by atoms with Crippen molar-refractivity contribution < 1.29 is 19.6 Å². The van der Waals surface area contributed by atoms with E-state index < -0.39 is 10.8 Å². The van der Waals surface area contributed by atoms with Crippen LogP contribution >= 0.6 is 15.9 Å². The first-order valence-electron chi connectivity index (χ1n) is 7.15. The number of nitrogens with zero attached hydrogens (tertiary/aromatic N) is 2. The Morgan fingerprint density at radius 1 is 1.44 bits per heavy atom. The minimum atomic E-state index is -0.581. The summed E-state index contributed by atoms with van der Waals surface area (Å²) in [5, 5.41) is 24.4. The number of halogens is 1. The number of ether oxygens (including phenoxy) is 1. The minimum Gasteiger partial charge on any atom is -0.503 e. The number of hydrogen-bond acceptors (Lipinski definition) is 6. The smallest absolute Gasteiger partial charge is 0.271 e. The lowest BCUT2D eigenvalue weighted by atomic mass is 10.2. The molecule has 0 unspecified atom stereocenters. The lowest BCUT2D eigenvalue weighted by Gasteiger charge is -2.08. The maximum absolute atomic E-state index is 12.0. The molecule has 130 valence electrons. The zero-order valence-corrected chi connectivity index (χ0v) is 14.7. The maximum atomic E-state index is 12.0. The number of phenolic OH excluding ortho intramolecular Hbond substituents is 1. The van der Waals surface area contributed by atoms with E-state index in [0.717, 1.165) is 6.07 Å². The van der Waals surface area contributed by atoms with Crippen molar-refractivity contribution in [3.8, 4) is 11.5 Å². The monoisotopic (exact) mass is 407 g/mol. The van der Waals surface area contributed by atoms with Crippen LogP contribution in [0.2, 0.25) is 0 Å². The summed E-state index contributed by atoms with van der Waals surface area (Å²) in [6.45, 7) is 2.16. The van der Waals surface area contributed by atoms with Gasteiger partial charge in [-0.15, -0.1) is 0 Å². The second-order valence-electron chi connectivity index (χ2n) is 4.79. The summed E-state index contributed by atoms with van der Waals surface area (Å²) >= 11 is 3.20. The van der Waals surface area contributed by atoms with E-state index in [1.54, 1.807) is 19.1 Å². The van der Waals surface area contributed by atoms with Gasteiger partial charge in [-0.2, -0.15) is 5.10 Å². The molecule has 2 N–H and O–H groups in total. The molecule has 0 fully saturated rings. The van der Waals surface area contributed by atoms with E-state index in [1.807, 2.05) is 0 Å². The first-order valence-corrected chi connectivity index (χ1v) is 7.94. The number of carbonyl (C=O) groups excluding carboxylic acids is 1. The first kappa shape index (κ1) is 18.4. The van der Waals surface area contributed by atoms with Crippen LogP contribution in [0.4, 0.5) is 5.69 Å². The average Bonchev–Trinajstić information content (AvgIpc) is 2.59. The highest BCUT2D eigenvalue weighted by molar-refractivity contribution is 9.10. The zero-order valence-electron chi connectivity index (χ0n) is 13.1. The molecule has 25 heavy (non-hydrogen) atoms. The van der Waals surface area contributed by atoms with Crippen molar-refractivity contribution in [3.05, 3.63) is 62.1 Å². The highest BCUT2D eigenvalue weighted by atomic mass is 79.9. The molecule has 0 aliphatic heterocycles. The quantitative estimate of drug-likeness (QED) is 0.433. The minimum absolute atomic E-state index is 0.0281. The number of carbonyl (C=O) groups is 1. The van der Waals surface area contributed by atoms with Crippen molar-refractivity contribution in [1.82, 2.24) is 5.43 Å². The number of phenols is 1. The third-order valence-electron chi connectivity index (χ3n) is 3.05. The van der Waals surface area contributed by atoms with Gasteiger partial charge in [0, 0.05) is 17.7 Å². The maximum Gasteiger partial charge on any atom is 0.271 e. The fourth-order valence-electron chi connectivity index (χ4n) is 1.92. The van der Waals surface area contributed by atoms with Crippen LogP contribution in [0.5, 0.6) is 11.5 Å². The van der Waals surface area contributed by atoms with Gasteiger partial charge in [-0.3, -0.25) is 14.9 Å². The third-order valence-corrected chi connectivity index (χ3v) is 3.65. The molecule has 0 aliphatic rings. The molecular weight excluding hydrogens is 394 g/mol. The summed E-state index contributed by atoms with van der Waals surface area (Å²) < 4.78 is 5.72. The largest absolute Gasteiger partial charge is 0.503 e. The molecule has 0 bridgehead atoms. The Morgan fingerprint density at radius 2 is 2.20 bits per heavy atom. The van der Waals surface area contributed by atoms with Crippen LogP contribution in [0.1, 0.15) is 22.8 Å². The Bertz CT molecular complexity index is 839. The molecule has 2 rings (SSSR count). The highest BCUT2D eigenvalue weighted by Gasteiger charge is 2.11. The van der Waals surface area contributed by atoms with E-state index in [9.17, 15) is 20.0 Å². The predicted molar refractivity (Wildman–Crippen MR) is 95.1 cm³/mol. The SMILES string of the molecule is CCOc1cc(/C=N\NC(=O)c2cccc([N+](=O)[O-])c2)cc(Br)c1O. The molecule has 0 spiro atoms. The van der Waals surface area contributed by atoms with E-state index in [-0.39, 0.29) is 22.7 Å². The van der Waals surface area contributed by atoms with Gasteiger partial charge >= 0.3 is 0 Å². The Balaban J connectivity index is 2.11. The molecule has 0 saturated heterocycles. The van der Waals surface area contributed by atoms with Gasteiger partial charge < -0.3 is 9.84 Å². The van der Waals surface area contributed by atoms with Crippen LogP contribution in [0.15, 0.2) is 46.0 Å². The molecule has 2 aromatic rings. The standard InChI is InChI=1S/C16H14BrN3O5/c1-2-25-14-7-10(6-13(17)15(14)21)9-18-19-16(22)11-4-3-5-12(8-11)20(23)24/h3-9,21H,2H2,1H3,(H,19,22)/b18-9-. The summed E-state index contributed by atoms with van der Waals surface area (Å²) in [6, 6.07) is 8.48. The van der Waals surface area contributed by atoms with Gasteiger partial charge in [-0.1, -0.05) is 6.07 Å². The molecule has 8 nitrogen and oxygen atoms in total. The summed E-state index contributed by atoms with van der Waals surface area (Å²) in [5.41, 5.74) is 2.80. The van der Waals surface area contributed by atoms with Gasteiger partial charge in [-0.25, -0.2) is 5.43 Å². The number of rotatable bonds is 6. The number of amides is 1. The second kappa shape index (κ2) is 8.25. The van der Waals surface area contributed by atoms with Crippen molar-refractivity contribution in [2.24, 2.45) is 5.10 Å². The van der Waals surface area contributed by atoms with Crippen LogP contribution in [-0.4, -0.2) is 28.8 Å². The average molecular weight is 408 g/mol. The molecular formula is C16H14BrN3O5. The van der Waals surface area contributed by atoms with E-state index in [4.69, 9.17) is 4.74 Å². The third kappa shape index (κ3) is 4.77. The summed E-state index contributed by atoms with van der Waals surface area (Å²) in [5.74, 6) is -0.328. The molecule has 0 saturated carbocycles. The summed E-state index contributed by atoms with van der Waals surface area (Å²) in [4.78, 5) is 22.1. The van der Waals surface area contributed by atoms with Gasteiger partial charge in [0.25, 0.3) is 11.6 Å². The van der Waals surface area contributed by atoms with Crippen LogP contribution in [0.25, 0.3) is 0 Å². The Hall–Kier alpha value is -2.94. The van der Waals surface area contributed by atoms with Gasteiger partial charge in [0.05, 0.1) is 22.2 Å². The second-order valence-corrected chi connectivity index (χ2v) is 5.64. The molecule has 0 atom stereocenters. The topological polar surface area (TPSA) is 114 Å². The molecule has 0 aromatic heterocycles. The number of aromatic hydroxyl groups is 1. The lowest BCUT2D eigenvalue weighted by molar-refractivity contribution is -0.384. The van der Waals surface area contributed by atoms with Crippen molar-refractivity contribution in [3.63, 3.8) is 0 Å². The van der Waals surface area contributed by atoms with Crippen LogP contribution < -0.4 is 10.2 Å². The van der Waals surface area contributed by atoms with Crippen molar-refractivity contribution >= 4 is 33.7 Å². The molecule has 0 aliphatic carbocycles. The van der Waals surface area contributed by atoms with Gasteiger partial charge in [-0.05, 0) is 46.6 Å². The van der Waals surface area contributed by atoms with E-state index >= 15 is 0 Å². The van der Waals surface area contributed by atoms with Crippen molar-refractivity contribution in [2.45, 2.75) is 6.92 Å². The van der Waals surface area contributed by atoms with Crippen LogP contribution in [-0.2, 0) is 0 Å². The summed E-state index contributed by atoms with van der Waals surface area (Å²) in [7, 11) is 0. The van der Waals surface area contributed by atoms with Crippen LogP contribution in [0, 0.1) is 10.1 Å². The first-order chi connectivity index (χ1) is 11.9. The van der Waals surface area contributed by atoms with Crippen LogP contribution in [0.3, 0.4) is 0 Å². The number of nitrogens with one attached hydrogen (secondary N) is 1. The molecule has 9 heteroatoms. The predicted octanol–water partition coefficient (Wildman–Crippen LogP) is 3.23. The number of nitro benzene ring substituents is 1. The Morgan fingerprint density at radius 3 is 2.88 bits per heavy atom. The van der Waals surface area contributed by atoms with Gasteiger partial charge in [0.1, 0.15) is 0 Å².